The molecule has 0 unspecified atom stereocenters. The summed E-state index contributed by atoms with van der Waals surface area (Å²) in [4.78, 5) is 8.11. The maximum absolute atomic E-state index is 13.5. The lowest BCUT2D eigenvalue weighted by Crippen LogP contribution is -1.96. The van der Waals surface area contributed by atoms with Gasteiger partial charge < -0.3 is 4.74 Å². The molecule has 0 bridgehead atoms. The Bertz CT molecular complexity index is 760. The van der Waals surface area contributed by atoms with E-state index in [2.05, 4.69) is 25.9 Å². The van der Waals surface area contributed by atoms with Gasteiger partial charge in [0, 0.05) is 24.7 Å². The number of nitrogens with zero attached hydrogens (tertiary/aromatic N) is 3. The first kappa shape index (κ1) is 12.0. The zero-order chi connectivity index (χ0) is 13.4. The van der Waals surface area contributed by atoms with Crippen molar-refractivity contribution >= 4 is 21.6 Å². The van der Waals surface area contributed by atoms with Gasteiger partial charge in [0.15, 0.2) is 11.6 Å². The van der Waals surface area contributed by atoms with Gasteiger partial charge in [0.05, 0.1) is 0 Å². The third kappa shape index (κ3) is 2.28. The van der Waals surface area contributed by atoms with Crippen molar-refractivity contribution in [3.8, 4) is 11.6 Å². The molecule has 2 aromatic heterocycles. The second-order valence-electron chi connectivity index (χ2n) is 3.70. The van der Waals surface area contributed by atoms with Gasteiger partial charge in [-0.2, -0.15) is 0 Å². The zero-order valence-corrected chi connectivity index (χ0v) is 10.9. The van der Waals surface area contributed by atoms with E-state index in [1.807, 2.05) is 0 Å². The highest BCUT2D eigenvalue weighted by molar-refractivity contribution is 9.10. The molecule has 2 heterocycles. The van der Waals surface area contributed by atoms with E-state index in [0.29, 0.717) is 10.3 Å². The Morgan fingerprint density at radius 2 is 2.11 bits per heavy atom. The van der Waals surface area contributed by atoms with Gasteiger partial charge in [0.1, 0.15) is 10.4 Å². The van der Waals surface area contributed by atoms with Gasteiger partial charge in [-0.3, -0.25) is 4.40 Å². The van der Waals surface area contributed by atoms with Crippen LogP contribution < -0.4 is 4.74 Å². The predicted molar refractivity (Wildman–Crippen MR) is 67.1 cm³/mol. The van der Waals surface area contributed by atoms with Crippen LogP contribution in [0.1, 0.15) is 0 Å². The molecular weight excluding hydrogens is 320 g/mol. The van der Waals surface area contributed by atoms with E-state index in [-0.39, 0.29) is 11.6 Å². The van der Waals surface area contributed by atoms with E-state index < -0.39 is 11.6 Å². The van der Waals surface area contributed by atoms with Gasteiger partial charge in [-0.05, 0) is 28.1 Å². The van der Waals surface area contributed by atoms with E-state index in [1.165, 1.54) is 0 Å². The lowest BCUT2D eigenvalue weighted by molar-refractivity contribution is 0.423. The van der Waals surface area contributed by atoms with Gasteiger partial charge in [-0.15, -0.1) is 0 Å². The number of fused-ring (bicyclic) bond motifs is 1. The van der Waals surface area contributed by atoms with Gasteiger partial charge in [-0.25, -0.2) is 18.7 Å². The summed E-state index contributed by atoms with van der Waals surface area (Å²) in [5.74, 6) is -1.42. The fourth-order valence-electron chi connectivity index (χ4n) is 1.60. The van der Waals surface area contributed by atoms with Crippen LogP contribution in [0.15, 0.2) is 41.4 Å². The smallest absolute Gasteiger partial charge is 0.265 e. The van der Waals surface area contributed by atoms with Crippen molar-refractivity contribution in [2.45, 2.75) is 0 Å². The first-order valence-corrected chi connectivity index (χ1v) is 6.05. The van der Waals surface area contributed by atoms with Crippen molar-refractivity contribution in [1.29, 1.82) is 0 Å². The van der Waals surface area contributed by atoms with Crippen LogP contribution in [-0.4, -0.2) is 14.4 Å². The molecule has 0 saturated carbocycles. The Morgan fingerprint density at radius 1 is 1.26 bits per heavy atom. The molecule has 0 saturated heterocycles. The standard InChI is InChI=1S/C12H6BrF2N3O/c13-10-6-18-4-3-16-11(18)12(17-10)19-9-5-7(14)1-2-8(9)15/h1-6H. The molecule has 0 radical (unpaired) electrons. The third-order valence-electron chi connectivity index (χ3n) is 2.41. The highest BCUT2D eigenvalue weighted by Crippen LogP contribution is 2.27. The molecule has 0 N–H and O–H groups in total. The second-order valence-corrected chi connectivity index (χ2v) is 4.52. The average molecular weight is 326 g/mol. The van der Waals surface area contributed by atoms with Gasteiger partial charge in [-0.1, -0.05) is 0 Å². The number of hydrogen-bond acceptors (Lipinski definition) is 3. The summed E-state index contributed by atoms with van der Waals surface area (Å²) in [5.41, 5.74) is 0.409. The molecule has 7 heteroatoms. The number of hydrogen-bond donors (Lipinski definition) is 0. The summed E-state index contributed by atoms with van der Waals surface area (Å²) in [5, 5.41) is 0. The molecular formula is C12H6BrF2N3O. The molecule has 0 aliphatic heterocycles. The van der Waals surface area contributed by atoms with Crippen LogP contribution in [0, 0.1) is 11.6 Å². The summed E-state index contributed by atoms with van der Waals surface area (Å²) in [6, 6.07) is 2.96. The van der Waals surface area contributed by atoms with Crippen molar-refractivity contribution in [1.82, 2.24) is 14.4 Å². The summed E-state index contributed by atoms with van der Waals surface area (Å²) in [6.07, 6.45) is 4.92. The zero-order valence-electron chi connectivity index (χ0n) is 9.35. The molecule has 4 nitrogen and oxygen atoms in total. The van der Waals surface area contributed by atoms with Crippen LogP contribution >= 0.6 is 15.9 Å². The number of aromatic nitrogens is 3. The van der Waals surface area contributed by atoms with Crippen LogP contribution in [0.3, 0.4) is 0 Å². The maximum Gasteiger partial charge on any atom is 0.265 e. The first-order valence-electron chi connectivity index (χ1n) is 5.25. The lowest BCUT2D eigenvalue weighted by Gasteiger charge is -2.07. The fraction of sp³-hybridized carbons (Fsp3) is 0. The predicted octanol–water partition coefficient (Wildman–Crippen LogP) is 3.56. The molecule has 0 aliphatic rings. The first-order chi connectivity index (χ1) is 9.13. The number of imidazole rings is 1. The maximum atomic E-state index is 13.5. The van der Waals surface area contributed by atoms with E-state index in [4.69, 9.17) is 4.74 Å². The molecule has 1 aromatic carbocycles. The van der Waals surface area contributed by atoms with E-state index in [1.54, 1.807) is 23.0 Å². The Morgan fingerprint density at radius 3 is 2.95 bits per heavy atom. The molecule has 3 aromatic rings. The summed E-state index contributed by atoms with van der Waals surface area (Å²) in [7, 11) is 0. The van der Waals surface area contributed by atoms with Gasteiger partial charge in [0.25, 0.3) is 5.88 Å². The van der Waals surface area contributed by atoms with Gasteiger partial charge in [0.2, 0.25) is 5.65 Å². The lowest BCUT2D eigenvalue weighted by atomic mass is 10.3. The Kier molecular flexibility index (Phi) is 2.90. The number of ether oxygens (including phenoxy) is 1. The molecule has 19 heavy (non-hydrogen) atoms. The average Bonchev–Trinajstić information content (AvgIpc) is 2.82. The van der Waals surface area contributed by atoms with Crippen molar-refractivity contribution in [2.24, 2.45) is 0 Å². The molecule has 96 valence electrons. The monoisotopic (exact) mass is 325 g/mol. The molecule has 0 amide bonds. The van der Waals surface area contributed by atoms with Crippen LogP contribution in [-0.2, 0) is 0 Å². The minimum absolute atomic E-state index is 0.0869. The normalized spacial score (nSPS) is 10.9. The van der Waals surface area contributed by atoms with E-state index >= 15 is 0 Å². The van der Waals surface area contributed by atoms with E-state index in [0.717, 1.165) is 18.2 Å². The fourth-order valence-corrected chi connectivity index (χ4v) is 1.98. The number of benzene rings is 1. The van der Waals surface area contributed by atoms with E-state index in [9.17, 15) is 8.78 Å². The number of rotatable bonds is 2. The quantitative estimate of drug-likeness (QED) is 0.723. The van der Waals surface area contributed by atoms with Crippen molar-refractivity contribution in [3.05, 3.63) is 53.0 Å². The third-order valence-corrected chi connectivity index (χ3v) is 2.80. The molecule has 0 spiro atoms. The Balaban J connectivity index is 2.10. The van der Waals surface area contributed by atoms with Gasteiger partial charge >= 0.3 is 0 Å². The van der Waals surface area contributed by atoms with Crippen molar-refractivity contribution in [2.75, 3.05) is 0 Å². The molecule has 0 fully saturated rings. The minimum atomic E-state index is -0.673. The molecule has 3 rings (SSSR count). The summed E-state index contributed by atoms with van der Waals surface area (Å²) < 4.78 is 34.1. The topological polar surface area (TPSA) is 39.4 Å². The van der Waals surface area contributed by atoms with Crippen molar-refractivity contribution < 1.29 is 13.5 Å². The van der Waals surface area contributed by atoms with Crippen molar-refractivity contribution in [3.63, 3.8) is 0 Å². The Labute approximate surface area is 114 Å². The van der Waals surface area contributed by atoms with Crippen LogP contribution in [0.4, 0.5) is 8.78 Å². The summed E-state index contributed by atoms with van der Waals surface area (Å²) >= 11 is 3.21. The van der Waals surface area contributed by atoms with Crippen LogP contribution in [0.2, 0.25) is 0 Å². The van der Waals surface area contributed by atoms with Crippen LogP contribution in [0.25, 0.3) is 5.65 Å². The molecule has 0 atom stereocenters. The van der Waals surface area contributed by atoms with Crippen LogP contribution in [0.5, 0.6) is 11.6 Å². The highest BCUT2D eigenvalue weighted by Gasteiger charge is 2.12. The SMILES string of the molecule is Fc1ccc(F)c(Oc2nc(Br)cn3ccnc23)c1. The molecule has 0 aliphatic carbocycles. The highest BCUT2D eigenvalue weighted by atomic mass is 79.9. The largest absolute Gasteiger partial charge is 0.433 e. The Hall–Kier alpha value is -2.02. The summed E-state index contributed by atoms with van der Waals surface area (Å²) in [6.45, 7) is 0. The number of halogens is 3. The minimum Gasteiger partial charge on any atom is -0.433 e. The second kappa shape index (κ2) is 4.58.